The summed E-state index contributed by atoms with van der Waals surface area (Å²) < 4.78 is 40.6. The molecular formula is C15H9F3N4O2. The minimum Gasteiger partial charge on any atom is -0.476 e. The van der Waals surface area contributed by atoms with E-state index in [1.54, 1.807) is 0 Å². The van der Waals surface area contributed by atoms with Crippen LogP contribution < -0.4 is 0 Å². The van der Waals surface area contributed by atoms with Crippen LogP contribution in [0.4, 0.5) is 13.2 Å². The summed E-state index contributed by atoms with van der Waals surface area (Å²) >= 11 is 0. The predicted molar refractivity (Wildman–Crippen MR) is 76.6 cm³/mol. The molecule has 0 saturated carbocycles. The number of para-hydroxylation sites is 1. The third-order valence-electron chi connectivity index (χ3n) is 3.25. The van der Waals surface area contributed by atoms with Crippen LogP contribution in [-0.2, 0) is 6.18 Å². The largest absolute Gasteiger partial charge is 0.476 e. The van der Waals surface area contributed by atoms with Crippen LogP contribution in [-0.4, -0.2) is 31.1 Å². The molecule has 0 aliphatic carbocycles. The molecule has 0 aliphatic rings. The second-order valence-corrected chi connectivity index (χ2v) is 4.76. The van der Waals surface area contributed by atoms with Crippen LogP contribution in [0, 0.1) is 0 Å². The van der Waals surface area contributed by atoms with Crippen LogP contribution in [0.5, 0.6) is 0 Å². The first kappa shape index (κ1) is 15.7. The first-order valence-electron chi connectivity index (χ1n) is 6.65. The van der Waals surface area contributed by atoms with E-state index in [0.717, 1.165) is 10.7 Å². The van der Waals surface area contributed by atoms with Gasteiger partial charge in [-0.15, -0.1) is 5.10 Å². The van der Waals surface area contributed by atoms with Gasteiger partial charge in [0, 0.05) is 18.0 Å². The molecule has 0 saturated heterocycles. The fourth-order valence-electron chi connectivity index (χ4n) is 2.25. The molecule has 2 heterocycles. The fraction of sp³-hybridized carbons (Fsp3) is 0.0667. The number of carbonyl (C=O) groups is 1. The van der Waals surface area contributed by atoms with Crippen LogP contribution >= 0.6 is 0 Å². The molecule has 0 bridgehead atoms. The Balaban J connectivity index is 2.30. The maximum atomic E-state index is 13.2. The lowest BCUT2D eigenvalue weighted by Gasteiger charge is -2.14. The Morgan fingerprint density at radius 2 is 1.88 bits per heavy atom. The van der Waals surface area contributed by atoms with E-state index >= 15 is 0 Å². The second-order valence-electron chi connectivity index (χ2n) is 4.76. The number of aromatic carboxylic acids is 1. The predicted octanol–water partition coefficient (Wildman–Crippen LogP) is 3.05. The van der Waals surface area contributed by atoms with Gasteiger partial charge in [-0.1, -0.05) is 17.3 Å². The molecule has 6 nitrogen and oxygen atoms in total. The van der Waals surface area contributed by atoms with Crippen molar-refractivity contribution >= 4 is 5.97 Å². The highest BCUT2D eigenvalue weighted by Crippen LogP contribution is 2.35. The van der Waals surface area contributed by atoms with Gasteiger partial charge in [-0.05, 0) is 24.3 Å². The summed E-state index contributed by atoms with van der Waals surface area (Å²) in [6.07, 6.45) is -1.84. The minimum absolute atomic E-state index is 0.0766. The maximum absolute atomic E-state index is 13.2. The topological polar surface area (TPSA) is 80.9 Å². The van der Waals surface area contributed by atoms with Gasteiger partial charge in [0.1, 0.15) is 5.69 Å². The van der Waals surface area contributed by atoms with Gasteiger partial charge < -0.3 is 5.11 Å². The van der Waals surface area contributed by atoms with Gasteiger partial charge in [0.05, 0.1) is 11.3 Å². The molecule has 0 atom stereocenters. The van der Waals surface area contributed by atoms with Crippen LogP contribution in [0.25, 0.3) is 16.9 Å². The number of halogens is 3. The Morgan fingerprint density at radius 3 is 2.50 bits per heavy atom. The van der Waals surface area contributed by atoms with Gasteiger partial charge in [-0.25, -0.2) is 9.48 Å². The highest BCUT2D eigenvalue weighted by Gasteiger charge is 2.35. The minimum atomic E-state index is -4.63. The van der Waals surface area contributed by atoms with Crippen LogP contribution in [0.2, 0.25) is 0 Å². The summed E-state index contributed by atoms with van der Waals surface area (Å²) in [4.78, 5) is 15.2. The number of hydrogen-bond donors (Lipinski definition) is 1. The van der Waals surface area contributed by atoms with Crippen molar-refractivity contribution < 1.29 is 23.1 Å². The number of aromatic nitrogens is 4. The lowest BCUT2D eigenvalue weighted by atomic mass is 10.1. The van der Waals surface area contributed by atoms with E-state index in [9.17, 15) is 23.1 Å². The number of benzene rings is 1. The van der Waals surface area contributed by atoms with E-state index in [1.165, 1.54) is 42.7 Å². The smallest absolute Gasteiger partial charge is 0.418 e. The van der Waals surface area contributed by atoms with Crippen molar-refractivity contribution in [2.45, 2.75) is 6.18 Å². The molecule has 1 aromatic carbocycles. The molecule has 24 heavy (non-hydrogen) atoms. The Morgan fingerprint density at radius 1 is 1.12 bits per heavy atom. The number of carboxylic acid groups (broad SMARTS) is 1. The van der Waals surface area contributed by atoms with Crippen molar-refractivity contribution in [3.05, 3.63) is 60.0 Å². The highest BCUT2D eigenvalue weighted by atomic mass is 19.4. The molecule has 0 spiro atoms. The van der Waals surface area contributed by atoms with E-state index in [-0.39, 0.29) is 16.9 Å². The lowest BCUT2D eigenvalue weighted by molar-refractivity contribution is -0.137. The summed E-state index contributed by atoms with van der Waals surface area (Å²) in [6, 6.07) is 7.79. The van der Waals surface area contributed by atoms with E-state index in [2.05, 4.69) is 15.3 Å². The fourth-order valence-corrected chi connectivity index (χ4v) is 2.25. The van der Waals surface area contributed by atoms with Crippen molar-refractivity contribution in [1.29, 1.82) is 0 Å². The van der Waals surface area contributed by atoms with Gasteiger partial charge in [0.25, 0.3) is 0 Å². The molecule has 2 aromatic heterocycles. The van der Waals surface area contributed by atoms with Crippen LogP contribution in [0.15, 0.2) is 48.8 Å². The molecule has 3 aromatic rings. The van der Waals surface area contributed by atoms with Crippen LogP contribution in [0.3, 0.4) is 0 Å². The van der Waals surface area contributed by atoms with Crippen molar-refractivity contribution in [2.24, 2.45) is 0 Å². The van der Waals surface area contributed by atoms with E-state index in [4.69, 9.17) is 0 Å². The Kier molecular flexibility index (Phi) is 3.76. The number of alkyl halides is 3. The van der Waals surface area contributed by atoms with Crippen molar-refractivity contribution in [3.63, 3.8) is 0 Å². The van der Waals surface area contributed by atoms with Gasteiger partial charge in [0.2, 0.25) is 0 Å². The summed E-state index contributed by atoms with van der Waals surface area (Å²) in [5.41, 5.74) is -1.51. The first-order chi connectivity index (χ1) is 11.4. The quantitative estimate of drug-likeness (QED) is 0.796. The van der Waals surface area contributed by atoms with Gasteiger partial charge in [-0.3, -0.25) is 4.98 Å². The summed E-state index contributed by atoms with van der Waals surface area (Å²) in [5.74, 6) is -1.40. The maximum Gasteiger partial charge on any atom is 0.418 e. The van der Waals surface area contributed by atoms with Crippen LogP contribution in [0.1, 0.15) is 16.1 Å². The molecule has 0 unspecified atom stereocenters. The molecule has 9 heteroatoms. The van der Waals surface area contributed by atoms with Gasteiger partial charge in [-0.2, -0.15) is 13.2 Å². The number of hydrogen-bond acceptors (Lipinski definition) is 4. The van der Waals surface area contributed by atoms with Gasteiger partial charge in [0.15, 0.2) is 5.69 Å². The molecule has 0 aliphatic heterocycles. The van der Waals surface area contributed by atoms with Crippen molar-refractivity contribution in [1.82, 2.24) is 20.0 Å². The SMILES string of the molecule is O=C(O)c1nnn(-c2ccccc2C(F)(F)F)c1-c1cccnc1. The zero-order valence-electron chi connectivity index (χ0n) is 11.9. The van der Waals surface area contributed by atoms with Gasteiger partial charge >= 0.3 is 12.1 Å². The molecule has 0 radical (unpaired) electrons. The molecule has 122 valence electrons. The molecule has 3 rings (SSSR count). The van der Waals surface area contributed by atoms with Crippen molar-refractivity contribution in [2.75, 3.05) is 0 Å². The average Bonchev–Trinajstić information content (AvgIpc) is 3.00. The molecule has 0 fully saturated rings. The summed E-state index contributed by atoms with van der Waals surface area (Å²) in [5, 5.41) is 16.4. The Bertz CT molecular complexity index is 891. The Labute approximate surface area is 133 Å². The normalized spacial score (nSPS) is 11.5. The third-order valence-corrected chi connectivity index (χ3v) is 3.25. The number of carboxylic acids is 1. The molecule has 0 amide bonds. The molecule has 1 N–H and O–H groups in total. The Hall–Kier alpha value is -3.23. The standard InChI is InChI=1S/C15H9F3N4O2/c16-15(17,18)10-5-1-2-6-11(10)22-13(9-4-3-7-19-8-9)12(14(23)24)20-21-22/h1-8H,(H,23,24). The second kappa shape index (κ2) is 5.76. The zero-order chi connectivity index (χ0) is 17.3. The summed E-state index contributed by atoms with van der Waals surface area (Å²) in [7, 11) is 0. The van der Waals surface area contributed by atoms with Crippen molar-refractivity contribution in [3.8, 4) is 16.9 Å². The number of nitrogens with zero attached hydrogens (tertiary/aromatic N) is 4. The highest BCUT2D eigenvalue weighted by molar-refractivity contribution is 5.93. The average molecular weight is 334 g/mol. The van der Waals surface area contributed by atoms with E-state index in [1.807, 2.05) is 0 Å². The third kappa shape index (κ3) is 2.71. The monoisotopic (exact) mass is 334 g/mol. The number of pyridine rings is 1. The molecular weight excluding hydrogens is 325 g/mol. The summed E-state index contributed by atoms with van der Waals surface area (Å²) in [6.45, 7) is 0. The first-order valence-corrected chi connectivity index (χ1v) is 6.65. The van der Waals surface area contributed by atoms with E-state index < -0.39 is 23.4 Å². The number of rotatable bonds is 3. The lowest BCUT2D eigenvalue weighted by Crippen LogP contribution is -2.12. The van der Waals surface area contributed by atoms with E-state index in [0.29, 0.717) is 0 Å². The zero-order valence-corrected chi connectivity index (χ0v) is 11.9.